The van der Waals surface area contributed by atoms with Gasteiger partial charge in [-0.15, -0.1) is 0 Å². The molecule has 1 amide bonds. The fraction of sp³-hybridized carbons (Fsp3) is 0.625. The van der Waals surface area contributed by atoms with Crippen molar-refractivity contribution in [3.8, 4) is 0 Å². The number of unbranched alkanes of at least 4 members (excludes halogenated alkanes) is 1. The minimum atomic E-state index is -0.884. The summed E-state index contributed by atoms with van der Waals surface area (Å²) in [4.78, 5) is 13.7. The van der Waals surface area contributed by atoms with E-state index in [4.69, 9.17) is 5.11 Å². The Morgan fingerprint density at radius 3 is 2.83 bits per heavy atom. The Balaban J connectivity index is 2.27. The van der Waals surface area contributed by atoms with Gasteiger partial charge in [0.2, 0.25) is 0 Å². The molecule has 0 aromatic heterocycles. The zero-order valence-electron chi connectivity index (χ0n) is 7.23. The predicted octanol–water partition coefficient (Wildman–Crippen LogP) is 1.51. The molecule has 68 valence electrons. The third-order valence-electron chi connectivity index (χ3n) is 1.84. The molecule has 0 aliphatic carbocycles. The maximum absolute atomic E-state index is 10.5. The Morgan fingerprint density at radius 1 is 1.58 bits per heavy atom. The Bertz CT molecular complexity index is 191. The summed E-state index contributed by atoms with van der Waals surface area (Å²) in [7, 11) is 0. The highest BCUT2D eigenvalue weighted by Gasteiger charge is 2.16. The number of carbonyl (C=O) groups is 1. The monoisotopic (exact) mass is 170 g/mol. The van der Waals surface area contributed by atoms with Crippen LogP contribution in [0.1, 0.15) is 19.8 Å². The number of nitrogens with zero attached hydrogens (tertiary/aromatic N) is 2. The topological polar surface area (TPSA) is 43.8 Å². The molecule has 4 heteroatoms. The quantitative estimate of drug-likeness (QED) is 0.698. The molecule has 0 unspecified atom stereocenters. The summed E-state index contributed by atoms with van der Waals surface area (Å²) in [5, 5.41) is 8.60. The molecule has 0 spiro atoms. The second-order valence-electron chi connectivity index (χ2n) is 2.86. The summed E-state index contributed by atoms with van der Waals surface area (Å²) < 4.78 is 0. The highest BCUT2D eigenvalue weighted by Crippen LogP contribution is 2.07. The lowest BCUT2D eigenvalue weighted by Crippen LogP contribution is -2.29. The molecule has 12 heavy (non-hydrogen) atoms. The highest BCUT2D eigenvalue weighted by atomic mass is 16.4. The first kappa shape index (κ1) is 8.90. The molecule has 1 N–H and O–H groups in total. The van der Waals surface area contributed by atoms with Crippen LogP contribution in [0.25, 0.3) is 0 Å². The second kappa shape index (κ2) is 3.99. The van der Waals surface area contributed by atoms with Gasteiger partial charge in [0.05, 0.1) is 0 Å². The Kier molecular flexibility index (Phi) is 2.96. The van der Waals surface area contributed by atoms with Crippen molar-refractivity contribution in [2.45, 2.75) is 19.8 Å². The van der Waals surface area contributed by atoms with E-state index in [9.17, 15) is 4.79 Å². The van der Waals surface area contributed by atoms with E-state index in [0.717, 1.165) is 19.4 Å². The first-order valence-electron chi connectivity index (χ1n) is 4.16. The van der Waals surface area contributed by atoms with Gasteiger partial charge in [0, 0.05) is 18.9 Å². The van der Waals surface area contributed by atoms with Gasteiger partial charge in [-0.25, -0.2) is 4.79 Å². The third-order valence-corrected chi connectivity index (χ3v) is 1.84. The van der Waals surface area contributed by atoms with E-state index in [1.165, 1.54) is 4.90 Å². The molecule has 0 fully saturated rings. The summed E-state index contributed by atoms with van der Waals surface area (Å²) >= 11 is 0. The number of amides is 1. The van der Waals surface area contributed by atoms with Crippen molar-refractivity contribution in [3.05, 3.63) is 12.4 Å². The molecule has 1 heterocycles. The molecule has 0 saturated carbocycles. The Hall–Kier alpha value is -1.19. The molecule has 0 atom stereocenters. The molecule has 4 nitrogen and oxygen atoms in total. The Labute approximate surface area is 72.1 Å². The SMILES string of the molecule is CCCCN1C=CN(C(=O)O)C1. The summed E-state index contributed by atoms with van der Waals surface area (Å²) in [6.45, 7) is 3.54. The molecule has 0 aromatic rings. The van der Waals surface area contributed by atoms with Crippen molar-refractivity contribution in [1.29, 1.82) is 0 Å². The molecule has 1 rings (SSSR count). The number of carboxylic acid groups (broad SMARTS) is 1. The van der Waals surface area contributed by atoms with E-state index in [1.807, 2.05) is 11.1 Å². The van der Waals surface area contributed by atoms with Crippen LogP contribution in [0.5, 0.6) is 0 Å². The van der Waals surface area contributed by atoms with Gasteiger partial charge in [0.1, 0.15) is 6.67 Å². The van der Waals surface area contributed by atoms with Crippen molar-refractivity contribution in [1.82, 2.24) is 9.80 Å². The fourth-order valence-corrected chi connectivity index (χ4v) is 1.10. The van der Waals surface area contributed by atoms with E-state index in [0.29, 0.717) is 6.67 Å². The van der Waals surface area contributed by atoms with Crippen LogP contribution < -0.4 is 0 Å². The lowest BCUT2D eigenvalue weighted by molar-refractivity contribution is 0.152. The molecule has 0 saturated heterocycles. The van der Waals surface area contributed by atoms with Gasteiger partial charge in [-0.3, -0.25) is 4.90 Å². The summed E-state index contributed by atoms with van der Waals surface area (Å²) in [6.07, 6.45) is 4.78. The van der Waals surface area contributed by atoms with Gasteiger partial charge in [0.25, 0.3) is 0 Å². The van der Waals surface area contributed by atoms with Crippen LogP contribution in [0, 0.1) is 0 Å². The first-order valence-corrected chi connectivity index (χ1v) is 4.16. The Morgan fingerprint density at radius 2 is 2.33 bits per heavy atom. The van der Waals surface area contributed by atoms with Crippen LogP contribution in [0.3, 0.4) is 0 Å². The molecule has 0 radical (unpaired) electrons. The lowest BCUT2D eigenvalue weighted by atomic mass is 10.3. The van der Waals surface area contributed by atoms with Gasteiger partial charge in [0.15, 0.2) is 0 Å². The predicted molar refractivity (Wildman–Crippen MR) is 45.5 cm³/mol. The van der Waals surface area contributed by atoms with Crippen molar-refractivity contribution in [2.75, 3.05) is 13.2 Å². The van der Waals surface area contributed by atoms with Crippen LogP contribution in [0.15, 0.2) is 12.4 Å². The maximum atomic E-state index is 10.5. The van der Waals surface area contributed by atoms with E-state index in [-0.39, 0.29) is 0 Å². The summed E-state index contributed by atoms with van der Waals surface area (Å²) in [5.74, 6) is 0. The normalized spacial score (nSPS) is 15.8. The summed E-state index contributed by atoms with van der Waals surface area (Å²) in [5.41, 5.74) is 0. The van der Waals surface area contributed by atoms with Gasteiger partial charge in [-0.1, -0.05) is 13.3 Å². The third kappa shape index (κ3) is 2.15. The van der Waals surface area contributed by atoms with Gasteiger partial charge >= 0.3 is 6.09 Å². The zero-order valence-corrected chi connectivity index (χ0v) is 7.23. The first-order chi connectivity index (χ1) is 5.74. The maximum Gasteiger partial charge on any atom is 0.412 e. The molecule has 0 bridgehead atoms. The molecule has 1 aliphatic rings. The molecule has 1 aliphatic heterocycles. The van der Waals surface area contributed by atoms with Crippen molar-refractivity contribution in [2.24, 2.45) is 0 Å². The number of hydrogen-bond acceptors (Lipinski definition) is 2. The van der Waals surface area contributed by atoms with E-state index >= 15 is 0 Å². The molecule has 0 aromatic carbocycles. The molecular formula is C8H14N2O2. The van der Waals surface area contributed by atoms with Crippen LogP contribution >= 0.6 is 0 Å². The van der Waals surface area contributed by atoms with Crippen molar-refractivity contribution in [3.63, 3.8) is 0 Å². The second-order valence-corrected chi connectivity index (χ2v) is 2.86. The van der Waals surface area contributed by atoms with Crippen LogP contribution in [0.4, 0.5) is 4.79 Å². The van der Waals surface area contributed by atoms with Crippen molar-refractivity contribution >= 4 is 6.09 Å². The average Bonchev–Trinajstić information content (AvgIpc) is 2.48. The standard InChI is InChI=1S/C8H14N2O2/c1-2-3-4-9-5-6-10(7-9)8(11)12/h5-6H,2-4,7H2,1H3,(H,11,12). The lowest BCUT2D eigenvalue weighted by Gasteiger charge is -2.17. The fourth-order valence-electron chi connectivity index (χ4n) is 1.10. The largest absolute Gasteiger partial charge is 0.465 e. The van der Waals surface area contributed by atoms with Crippen LogP contribution in [-0.4, -0.2) is 34.2 Å². The number of hydrogen-bond donors (Lipinski definition) is 1. The van der Waals surface area contributed by atoms with E-state index < -0.39 is 6.09 Å². The molecular weight excluding hydrogens is 156 g/mol. The van der Waals surface area contributed by atoms with Crippen LogP contribution in [0.2, 0.25) is 0 Å². The average molecular weight is 170 g/mol. The van der Waals surface area contributed by atoms with E-state index in [1.54, 1.807) is 6.20 Å². The summed E-state index contributed by atoms with van der Waals surface area (Å²) in [6, 6.07) is 0. The van der Waals surface area contributed by atoms with E-state index in [2.05, 4.69) is 6.92 Å². The van der Waals surface area contributed by atoms with Gasteiger partial charge in [-0.2, -0.15) is 0 Å². The van der Waals surface area contributed by atoms with Gasteiger partial charge in [-0.05, 0) is 6.42 Å². The zero-order chi connectivity index (χ0) is 8.97. The minimum Gasteiger partial charge on any atom is -0.465 e. The minimum absolute atomic E-state index is 0.481. The highest BCUT2D eigenvalue weighted by molar-refractivity contribution is 5.66. The van der Waals surface area contributed by atoms with Gasteiger partial charge < -0.3 is 10.0 Å². The smallest absolute Gasteiger partial charge is 0.412 e. The van der Waals surface area contributed by atoms with Crippen molar-refractivity contribution < 1.29 is 9.90 Å². The van der Waals surface area contributed by atoms with Crippen LogP contribution in [-0.2, 0) is 0 Å². The number of rotatable bonds is 3.